The summed E-state index contributed by atoms with van der Waals surface area (Å²) in [5.41, 5.74) is 2.54. The van der Waals surface area contributed by atoms with Crippen molar-refractivity contribution in [1.82, 2.24) is 15.2 Å². The molecule has 1 aliphatic heterocycles. The van der Waals surface area contributed by atoms with Gasteiger partial charge < -0.3 is 19.4 Å². The summed E-state index contributed by atoms with van der Waals surface area (Å²) in [6, 6.07) is 15.3. The number of hydrogen-bond donors (Lipinski definition) is 1. The van der Waals surface area contributed by atoms with Crippen molar-refractivity contribution < 1.29 is 18.2 Å². The van der Waals surface area contributed by atoms with Crippen LogP contribution in [0.25, 0.3) is 11.5 Å². The van der Waals surface area contributed by atoms with Crippen LogP contribution in [-0.4, -0.2) is 72.1 Å². The van der Waals surface area contributed by atoms with E-state index in [1.165, 1.54) is 0 Å². The minimum Gasteiger partial charge on any atom is -0.497 e. The molecule has 0 saturated carbocycles. The van der Waals surface area contributed by atoms with Gasteiger partial charge in [0.15, 0.2) is 0 Å². The summed E-state index contributed by atoms with van der Waals surface area (Å²) >= 11 is 6.10. The molecule has 4 rings (SSSR count). The lowest BCUT2D eigenvalue weighted by Crippen LogP contribution is -2.48. The van der Waals surface area contributed by atoms with Crippen molar-refractivity contribution in [2.45, 2.75) is 12.7 Å². The van der Waals surface area contributed by atoms with Gasteiger partial charge in [0.2, 0.25) is 11.8 Å². The molecule has 1 aromatic heterocycles. The molecule has 1 atom stereocenters. The molecular weight excluding hydrogens is 500 g/mol. The molecule has 2 aromatic carbocycles. The maximum Gasteiger partial charge on any atom is 0.232 e. The van der Waals surface area contributed by atoms with E-state index < -0.39 is 10.8 Å². The van der Waals surface area contributed by atoms with Crippen LogP contribution in [0.15, 0.2) is 52.9 Å². The summed E-state index contributed by atoms with van der Waals surface area (Å²) in [5.74, 6) is 1.70. The summed E-state index contributed by atoms with van der Waals surface area (Å²) in [6.07, 6.45) is 0. The third kappa shape index (κ3) is 7.09. The van der Waals surface area contributed by atoms with E-state index >= 15 is 0 Å². The van der Waals surface area contributed by atoms with Crippen molar-refractivity contribution in [2.75, 3.05) is 57.0 Å². The molecule has 0 spiro atoms. The van der Waals surface area contributed by atoms with Gasteiger partial charge in [-0.3, -0.25) is 13.9 Å². The number of halogens is 1. The van der Waals surface area contributed by atoms with Gasteiger partial charge in [-0.2, -0.15) is 0 Å². The molecule has 1 aliphatic rings. The highest BCUT2D eigenvalue weighted by molar-refractivity contribution is 7.84. The quantitative estimate of drug-likeness (QED) is 0.429. The Kier molecular flexibility index (Phi) is 9.01. The fraction of sp³-hybridized carbons (Fsp3) is 0.385. The van der Waals surface area contributed by atoms with E-state index in [4.69, 9.17) is 20.8 Å². The molecule has 36 heavy (non-hydrogen) atoms. The Labute approximate surface area is 219 Å². The van der Waals surface area contributed by atoms with Gasteiger partial charge in [0.25, 0.3) is 0 Å². The van der Waals surface area contributed by atoms with Gasteiger partial charge in [-0.1, -0.05) is 17.7 Å². The van der Waals surface area contributed by atoms with E-state index in [2.05, 4.69) is 26.2 Å². The molecule has 1 fully saturated rings. The van der Waals surface area contributed by atoms with E-state index in [1.807, 2.05) is 42.5 Å². The van der Waals surface area contributed by atoms with Crippen LogP contribution in [0.1, 0.15) is 11.5 Å². The number of aromatic nitrogens is 1. The van der Waals surface area contributed by atoms with Crippen LogP contribution in [0.3, 0.4) is 0 Å². The molecule has 1 saturated heterocycles. The van der Waals surface area contributed by atoms with Crippen LogP contribution in [-0.2, 0) is 21.3 Å². The molecule has 1 amide bonds. The normalized spacial score (nSPS) is 15.0. The maximum absolute atomic E-state index is 12.6. The number of benzene rings is 2. The Morgan fingerprint density at radius 1 is 1.17 bits per heavy atom. The highest BCUT2D eigenvalue weighted by Gasteiger charge is 2.19. The van der Waals surface area contributed by atoms with Crippen molar-refractivity contribution in [2.24, 2.45) is 0 Å². The first kappa shape index (κ1) is 26.2. The van der Waals surface area contributed by atoms with E-state index in [-0.39, 0.29) is 17.4 Å². The Hall–Kier alpha value is -2.88. The highest BCUT2D eigenvalue weighted by atomic mass is 35.5. The van der Waals surface area contributed by atoms with E-state index in [0.29, 0.717) is 23.9 Å². The monoisotopic (exact) mass is 530 g/mol. The SMILES string of the molecule is COc1ccc(-c2nc(C[S@@](=O)CC(=O)NCCN3CCN(c4cccc(Cl)c4)CC3)c(C)o2)cc1. The van der Waals surface area contributed by atoms with Crippen LogP contribution in [0.4, 0.5) is 5.69 Å². The van der Waals surface area contributed by atoms with Crippen LogP contribution in [0, 0.1) is 6.92 Å². The van der Waals surface area contributed by atoms with E-state index in [9.17, 15) is 9.00 Å². The minimum atomic E-state index is -1.38. The zero-order chi connectivity index (χ0) is 25.5. The number of aryl methyl sites for hydroxylation is 1. The molecule has 8 nitrogen and oxygen atoms in total. The lowest BCUT2D eigenvalue weighted by atomic mass is 10.2. The average molecular weight is 531 g/mol. The Bertz CT molecular complexity index is 1190. The zero-order valence-electron chi connectivity index (χ0n) is 20.5. The van der Waals surface area contributed by atoms with Crippen LogP contribution < -0.4 is 15.0 Å². The van der Waals surface area contributed by atoms with Gasteiger partial charge in [0.1, 0.15) is 17.3 Å². The number of ether oxygens (including phenoxy) is 1. The molecule has 0 bridgehead atoms. The number of amides is 1. The van der Waals surface area contributed by atoms with Crippen molar-refractivity contribution in [3.05, 3.63) is 65.0 Å². The standard InChI is InChI=1S/C26H31ClN4O4S/c1-19-24(29-26(35-19)20-6-8-23(34-2)9-7-20)17-36(33)18-25(32)28-10-11-30-12-14-31(15-13-30)22-5-3-4-21(27)16-22/h3-9,16H,10-15,17-18H2,1-2H3,(H,28,32)/t36-/m1/s1. The number of rotatable bonds is 10. The number of anilines is 1. The molecule has 0 aliphatic carbocycles. The zero-order valence-corrected chi connectivity index (χ0v) is 22.1. The first-order chi connectivity index (χ1) is 17.4. The summed E-state index contributed by atoms with van der Waals surface area (Å²) in [5, 5.41) is 3.64. The Balaban J connectivity index is 1.17. The molecule has 0 radical (unpaired) electrons. The number of hydrogen-bond acceptors (Lipinski definition) is 7. The number of carbonyl (C=O) groups is 1. The molecule has 192 valence electrons. The van der Waals surface area contributed by atoms with Gasteiger partial charge in [-0.15, -0.1) is 0 Å². The molecule has 0 unspecified atom stereocenters. The second-order valence-corrected chi connectivity index (χ2v) is 10.5. The van der Waals surface area contributed by atoms with E-state index in [1.54, 1.807) is 14.0 Å². The van der Waals surface area contributed by atoms with Crippen molar-refractivity contribution >= 4 is 34.0 Å². The average Bonchev–Trinajstić information content (AvgIpc) is 3.24. The summed E-state index contributed by atoms with van der Waals surface area (Å²) < 4.78 is 23.5. The molecule has 1 N–H and O–H groups in total. The van der Waals surface area contributed by atoms with Crippen LogP contribution in [0.2, 0.25) is 5.02 Å². The van der Waals surface area contributed by atoms with Gasteiger partial charge in [-0.25, -0.2) is 4.98 Å². The number of nitrogens with one attached hydrogen (secondary N) is 1. The van der Waals surface area contributed by atoms with E-state index in [0.717, 1.165) is 54.7 Å². The number of oxazole rings is 1. The topological polar surface area (TPSA) is 87.9 Å². The fourth-order valence-corrected chi connectivity index (χ4v) is 5.33. The van der Waals surface area contributed by atoms with Crippen LogP contribution >= 0.6 is 11.6 Å². The first-order valence-electron chi connectivity index (χ1n) is 11.9. The maximum atomic E-state index is 12.6. The third-order valence-corrected chi connectivity index (χ3v) is 7.53. The first-order valence-corrected chi connectivity index (χ1v) is 13.7. The molecular formula is C26H31ClN4O4S. The fourth-order valence-electron chi connectivity index (χ4n) is 4.08. The van der Waals surface area contributed by atoms with Crippen molar-refractivity contribution in [1.29, 1.82) is 0 Å². The third-order valence-electron chi connectivity index (χ3n) is 6.12. The lowest BCUT2D eigenvalue weighted by molar-refractivity contribution is -0.118. The number of carbonyl (C=O) groups excluding carboxylic acids is 1. The summed E-state index contributed by atoms with van der Waals surface area (Å²) in [7, 11) is 0.228. The van der Waals surface area contributed by atoms with Gasteiger partial charge in [0.05, 0.1) is 18.6 Å². The summed E-state index contributed by atoms with van der Waals surface area (Å²) in [4.78, 5) is 21.4. The summed E-state index contributed by atoms with van der Waals surface area (Å²) in [6.45, 7) is 6.72. The van der Waals surface area contributed by atoms with Gasteiger partial charge in [-0.05, 0) is 49.4 Å². The lowest BCUT2D eigenvalue weighted by Gasteiger charge is -2.36. The molecule has 3 aromatic rings. The predicted molar refractivity (Wildman–Crippen MR) is 143 cm³/mol. The van der Waals surface area contributed by atoms with Crippen molar-refractivity contribution in [3.63, 3.8) is 0 Å². The Morgan fingerprint density at radius 2 is 1.92 bits per heavy atom. The highest BCUT2D eigenvalue weighted by Crippen LogP contribution is 2.25. The molecule has 10 heteroatoms. The number of nitrogens with zero attached hydrogens (tertiary/aromatic N) is 3. The molecule has 2 heterocycles. The number of methoxy groups -OCH3 is 1. The largest absolute Gasteiger partial charge is 0.497 e. The van der Waals surface area contributed by atoms with Gasteiger partial charge >= 0.3 is 0 Å². The number of piperazine rings is 1. The second-order valence-electron chi connectivity index (χ2n) is 8.64. The van der Waals surface area contributed by atoms with Gasteiger partial charge in [0, 0.05) is 66.3 Å². The Morgan fingerprint density at radius 3 is 2.61 bits per heavy atom. The predicted octanol–water partition coefficient (Wildman–Crippen LogP) is 3.50. The second kappa shape index (κ2) is 12.4. The van der Waals surface area contributed by atoms with Crippen molar-refractivity contribution in [3.8, 4) is 17.2 Å². The minimum absolute atomic E-state index is 0.0628. The smallest absolute Gasteiger partial charge is 0.232 e. The van der Waals surface area contributed by atoms with Crippen LogP contribution in [0.5, 0.6) is 5.75 Å².